The highest BCUT2D eigenvalue weighted by Crippen LogP contribution is 2.52. The molecule has 1 aromatic rings. The van der Waals surface area contributed by atoms with Gasteiger partial charge in [0.05, 0.1) is 16.0 Å². The molecule has 0 aliphatic heterocycles. The fourth-order valence-electron chi connectivity index (χ4n) is 3.70. The van der Waals surface area contributed by atoms with Crippen LogP contribution >= 0.6 is 11.6 Å². The summed E-state index contributed by atoms with van der Waals surface area (Å²) in [5.74, 6) is 0.396. The van der Waals surface area contributed by atoms with Gasteiger partial charge >= 0.3 is 0 Å². The summed E-state index contributed by atoms with van der Waals surface area (Å²) in [4.78, 5) is 10.4. The van der Waals surface area contributed by atoms with Crippen molar-refractivity contribution in [1.29, 1.82) is 0 Å². The summed E-state index contributed by atoms with van der Waals surface area (Å²) in [6.45, 7) is 0. The van der Waals surface area contributed by atoms with Crippen LogP contribution in [0.1, 0.15) is 38.5 Å². The van der Waals surface area contributed by atoms with Crippen LogP contribution < -0.4 is 10.5 Å². The van der Waals surface area contributed by atoms with Crippen molar-refractivity contribution in [3.05, 3.63) is 33.3 Å². The van der Waals surface area contributed by atoms with Crippen LogP contribution in [0.25, 0.3) is 0 Å². The first kappa shape index (κ1) is 14.6. The third kappa shape index (κ3) is 2.49. The molecule has 2 aliphatic rings. The Morgan fingerprint density at radius 2 is 2.05 bits per heavy atom. The molecule has 0 saturated heterocycles. The minimum absolute atomic E-state index is 0.00397. The van der Waals surface area contributed by atoms with Crippen molar-refractivity contribution in [2.75, 3.05) is 0 Å². The van der Waals surface area contributed by atoms with Crippen LogP contribution in [-0.4, -0.2) is 17.1 Å². The number of benzene rings is 1. The lowest BCUT2D eigenvalue weighted by Crippen LogP contribution is -2.64. The first-order valence-corrected chi connectivity index (χ1v) is 7.77. The topological polar surface area (TPSA) is 78.4 Å². The van der Waals surface area contributed by atoms with Crippen molar-refractivity contribution in [2.45, 2.75) is 50.7 Å². The third-order valence-electron chi connectivity index (χ3n) is 5.03. The zero-order chi connectivity index (χ0) is 15.0. The Morgan fingerprint density at radius 1 is 1.33 bits per heavy atom. The standard InChI is InChI=1S/C15H19ClN2O3/c16-11-5-4-10(18(19)20)8-12(11)21-14-9-13(17)15(14)6-2-1-3-7-15/h4-5,8,13-14H,1-3,6-7,9,17H2. The van der Waals surface area contributed by atoms with Crippen molar-refractivity contribution < 1.29 is 9.66 Å². The molecule has 5 nitrogen and oxygen atoms in total. The molecule has 2 atom stereocenters. The minimum atomic E-state index is -0.438. The van der Waals surface area contributed by atoms with Crippen LogP contribution in [0.3, 0.4) is 0 Å². The number of nitro benzene ring substituents is 1. The van der Waals surface area contributed by atoms with E-state index in [9.17, 15) is 10.1 Å². The second-order valence-electron chi connectivity index (χ2n) is 6.11. The maximum absolute atomic E-state index is 10.9. The quantitative estimate of drug-likeness (QED) is 0.682. The smallest absolute Gasteiger partial charge is 0.273 e. The Hall–Kier alpha value is -1.33. The lowest BCUT2D eigenvalue weighted by atomic mass is 9.55. The fourth-order valence-corrected chi connectivity index (χ4v) is 3.86. The Labute approximate surface area is 128 Å². The molecule has 0 radical (unpaired) electrons. The van der Waals surface area contributed by atoms with E-state index >= 15 is 0 Å². The van der Waals surface area contributed by atoms with Gasteiger partial charge in [0, 0.05) is 23.9 Å². The van der Waals surface area contributed by atoms with Crippen LogP contribution in [0.15, 0.2) is 18.2 Å². The molecule has 1 aromatic carbocycles. The predicted molar refractivity (Wildman–Crippen MR) is 80.6 cm³/mol. The van der Waals surface area contributed by atoms with Gasteiger partial charge in [-0.3, -0.25) is 10.1 Å². The summed E-state index contributed by atoms with van der Waals surface area (Å²) in [7, 11) is 0. The molecule has 6 heteroatoms. The molecule has 0 amide bonds. The van der Waals surface area contributed by atoms with E-state index in [1.807, 2.05) is 0 Å². The van der Waals surface area contributed by atoms with E-state index in [0.29, 0.717) is 10.8 Å². The Kier molecular flexibility index (Phi) is 3.80. The number of nitrogens with zero attached hydrogens (tertiary/aromatic N) is 1. The van der Waals surface area contributed by atoms with Gasteiger partial charge in [-0.1, -0.05) is 30.9 Å². The van der Waals surface area contributed by atoms with Crippen molar-refractivity contribution in [2.24, 2.45) is 11.1 Å². The van der Waals surface area contributed by atoms with Crippen molar-refractivity contribution in [3.63, 3.8) is 0 Å². The molecule has 1 spiro atoms. The van der Waals surface area contributed by atoms with Crippen molar-refractivity contribution >= 4 is 17.3 Å². The van der Waals surface area contributed by atoms with Gasteiger partial charge in [-0.25, -0.2) is 0 Å². The van der Waals surface area contributed by atoms with Gasteiger partial charge in [-0.15, -0.1) is 0 Å². The Morgan fingerprint density at radius 3 is 2.67 bits per heavy atom. The van der Waals surface area contributed by atoms with Gasteiger partial charge in [0.2, 0.25) is 0 Å². The van der Waals surface area contributed by atoms with E-state index in [0.717, 1.165) is 19.3 Å². The van der Waals surface area contributed by atoms with E-state index in [2.05, 4.69) is 0 Å². The molecular formula is C15H19ClN2O3. The third-order valence-corrected chi connectivity index (χ3v) is 5.34. The van der Waals surface area contributed by atoms with E-state index < -0.39 is 4.92 Å². The normalized spacial score (nSPS) is 27.1. The molecule has 0 aromatic heterocycles. The van der Waals surface area contributed by atoms with Gasteiger partial charge in [-0.2, -0.15) is 0 Å². The number of nitrogens with two attached hydrogens (primary N) is 1. The molecule has 2 unspecified atom stereocenters. The zero-order valence-electron chi connectivity index (χ0n) is 11.8. The van der Waals surface area contributed by atoms with Crippen LogP contribution in [0, 0.1) is 15.5 Å². The maximum Gasteiger partial charge on any atom is 0.273 e. The Balaban J connectivity index is 1.80. The van der Waals surface area contributed by atoms with Gasteiger partial charge in [0.1, 0.15) is 11.9 Å². The lowest BCUT2D eigenvalue weighted by molar-refractivity contribution is -0.385. The number of halogens is 1. The average Bonchev–Trinajstić information content (AvgIpc) is 2.49. The first-order valence-electron chi connectivity index (χ1n) is 7.39. The largest absolute Gasteiger partial charge is 0.488 e. The second kappa shape index (κ2) is 5.46. The van der Waals surface area contributed by atoms with Gasteiger partial charge in [-0.05, 0) is 18.9 Å². The lowest BCUT2D eigenvalue weighted by Gasteiger charge is -2.56. The van der Waals surface area contributed by atoms with Crippen LogP contribution in [-0.2, 0) is 0 Å². The number of rotatable bonds is 3. The van der Waals surface area contributed by atoms with Crippen LogP contribution in [0.2, 0.25) is 5.02 Å². The number of nitro groups is 1. The van der Waals surface area contributed by atoms with Crippen molar-refractivity contribution in [1.82, 2.24) is 0 Å². The average molecular weight is 311 g/mol. The molecule has 2 fully saturated rings. The monoisotopic (exact) mass is 310 g/mol. The van der Waals surface area contributed by atoms with Gasteiger partial charge < -0.3 is 10.5 Å². The number of non-ortho nitro benzene ring substituents is 1. The van der Waals surface area contributed by atoms with Crippen LogP contribution in [0.4, 0.5) is 5.69 Å². The SMILES string of the molecule is NC1CC(Oc2cc([N+](=O)[O-])ccc2Cl)C12CCCCC2. The minimum Gasteiger partial charge on any atom is -0.488 e. The molecule has 2 aliphatic carbocycles. The summed E-state index contributed by atoms with van der Waals surface area (Å²) in [5, 5.41) is 11.3. The number of hydrogen-bond acceptors (Lipinski definition) is 4. The summed E-state index contributed by atoms with van der Waals surface area (Å²) in [5.41, 5.74) is 6.26. The summed E-state index contributed by atoms with van der Waals surface area (Å²) in [6, 6.07) is 4.47. The molecule has 0 heterocycles. The zero-order valence-corrected chi connectivity index (χ0v) is 12.5. The van der Waals surface area contributed by atoms with Crippen molar-refractivity contribution in [3.8, 4) is 5.75 Å². The first-order chi connectivity index (χ1) is 10.0. The molecule has 2 N–H and O–H groups in total. The highest BCUT2D eigenvalue weighted by atomic mass is 35.5. The van der Waals surface area contributed by atoms with E-state index in [4.69, 9.17) is 22.1 Å². The number of ether oxygens (including phenoxy) is 1. The molecule has 114 valence electrons. The van der Waals surface area contributed by atoms with E-state index in [1.54, 1.807) is 0 Å². The molecule has 3 rings (SSSR count). The maximum atomic E-state index is 10.9. The highest BCUT2D eigenvalue weighted by Gasteiger charge is 2.55. The van der Waals surface area contributed by atoms with E-state index in [-0.39, 0.29) is 23.2 Å². The molecular weight excluding hydrogens is 292 g/mol. The molecule has 2 saturated carbocycles. The van der Waals surface area contributed by atoms with Gasteiger partial charge in [0.25, 0.3) is 5.69 Å². The molecule has 0 bridgehead atoms. The summed E-state index contributed by atoms with van der Waals surface area (Å²) in [6.07, 6.45) is 6.56. The number of hydrogen-bond donors (Lipinski definition) is 1. The predicted octanol–water partition coefficient (Wildman–Crippen LogP) is 3.68. The molecule has 21 heavy (non-hydrogen) atoms. The summed E-state index contributed by atoms with van der Waals surface area (Å²) >= 11 is 6.11. The van der Waals surface area contributed by atoms with E-state index in [1.165, 1.54) is 37.5 Å². The second-order valence-corrected chi connectivity index (χ2v) is 6.52. The van der Waals surface area contributed by atoms with Gasteiger partial charge in [0.15, 0.2) is 0 Å². The fraction of sp³-hybridized carbons (Fsp3) is 0.600. The Bertz CT molecular complexity index is 558. The van der Waals surface area contributed by atoms with Crippen LogP contribution in [0.5, 0.6) is 5.75 Å². The summed E-state index contributed by atoms with van der Waals surface area (Å²) < 4.78 is 6.02. The highest BCUT2D eigenvalue weighted by molar-refractivity contribution is 6.32.